The lowest BCUT2D eigenvalue weighted by Crippen LogP contribution is -2.43. The maximum atomic E-state index is 12.4. The van der Waals surface area contributed by atoms with Crippen molar-refractivity contribution in [3.63, 3.8) is 0 Å². The van der Waals surface area contributed by atoms with E-state index in [0.29, 0.717) is 11.7 Å². The minimum absolute atomic E-state index is 0.182. The fourth-order valence-electron chi connectivity index (χ4n) is 2.11. The normalized spacial score (nSPS) is 14.6. The summed E-state index contributed by atoms with van der Waals surface area (Å²) in [5.41, 5.74) is 1.13. The first-order valence-electron chi connectivity index (χ1n) is 6.73. The molecule has 1 aliphatic heterocycles. The van der Waals surface area contributed by atoms with Gasteiger partial charge in [-0.05, 0) is 24.3 Å². The molecule has 21 heavy (non-hydrogen) atoms. The average Bonchev–Trinajstić information content (AvgIpc) is 2.93. The number of carbonyl (C=O) groups is 1. The Labute approximate surface area is 122 Å². The van der Waals surface area contributed by atoms with E-state index in [2.05, 4.69) is 15.6 Å². The fourth-order valence-corrected chi connectivity index (χ4v) is 2.11. The Hall–Kier alpha value is -2.41. The van der Waals surface area contributed by atoms with Crippen molar-refractivity contribution in [3.8, 4) is 5.75 Å². The van der Waals surface area contributed by atoms with Crippen molar-refractivity contribution in [3.05, 3.63) is 36.2 Å². The summed E-state index contributed by atoms with van der Waals surface area (Å²) >= 11 is 0. The van der Waals surface area contributed by atoms with Crippen LogP contribution in [0.4, 0.5) is 5.69 Å². The first kappa shape index (κ1) is 13.6. The minimum Gasteiger partial charge on any atom is -0.497 e. The molecule has 1 aromatic carbocycles. The number of amides is 1. The minimum atomic E-state index is -0.182. The first-order valence-corrected chi connectivity index (χ1v) is 6.73. The summed E-state index contributed by atoms with van der Waals surface area (Å²) in [6, 6.07) is 7.59. The maximum absolute atomic E-state index is 12.4. The van der Waals surface area contributed by atoms with Crippen molar-refractivity contribution >= 4 is 11.6 Å². The Morgan fingerprint density at radius 2 is 2.10 bits per heavy atom. The van der Waals surface area contributed by atoms with Crippen LogP contribution < -0.4 is 15.0 Å². The average molecular weight is 287 g/mol. The van der Waals surface area contributed by atoms with Gasteiger partial charge in [0.25, 0.3) is 5.91 Å². The van der Waals surface area contributed by atoms with Crippen molar-refractivity contribution in [1.29, 1.82) is 0 Å². The quantitative estimate of drug-likeness (QED) is 0.896. The molecule has 7 heteroatoms. The second-order valence-corrected chi connectivity index (χ2v) is 4.96. The van der Waals surface area contributed by atoms with Gasteiger partial charge in [-0.15, -0.1) is 5.10 Å². The molecular formula is C14H17N5O2. The molecule has 1 amide bonds. The number of methoxy groups -OCH3 is 1. The molecule has 2 aromatic rings. The topological polar surface area (TPSA) is 72.3 Å². The Morgan fingerprint density at radius 1 is 1.38 bits per heavy atom. The zero-order chi connectivity index (χ0) is 14.8. The van der Waals surface area contributed by atoms with Gasteiger partial charge in [0.1, 0.15) is 5.75 Å². The number of ether oxygens (including phenoxy) is 1. The number of nitrogens with zero attached hydrogens (tertiary/aromatic N) is 4. The summed E-state index contributed by atoms with van der Waals surface area (Å²) in [4.78, 5) is 14.0. The van der Waals surface area contributed by atoms with Crippen molar-refractivity contribution < 1.29 is 9.53 Å². The molecule has 3 rings (SSSR count). The fraction of sp³-hybridized carbons (Fsp3) is 0.357. The number of hydrogen-bond acceptors (Lipinski definition) is 5. The van der Waals surface area contributed by atoms with Crippen molar-refractivity contribution in [2.24, 2.45) is 0 Å². The zero-order valence-corrected chi connectivity index (χ0v) is 12.0. The zero-order valence-electron chi connectivity index (χ0n) is 12.0. The molecule has 0 aliphatic carbocycles. The number of hydrogen-bond donors (Lipinski definition) is 1. The summed E-state index contributed by atoms with van der Waals surface area (Å²) in [5.74, 6) is 0.571. The maximum Gasteiger partial charge on any atom is 0.280 e. The standard InChI is InChI=1S/C14H17N5O2/c1-18(10-3-5-12(21-2)6-4-10)14(20)13-9-19(17-16-13)11-7-15-8-11/h3-6,9,11,15H,7-8H2,1-2H3. The first-order chi connectivity index (χ1) is 10.2. The van der Waals surface area contributed by atoms with Crippen molar-refractivity contribution in [2.75, 3.05) is 32.1 Å². The van der Waals surface area contributed by atoms with Crippen LogP contribution in [-0.2, 0) is 0 Å². The third-order valence-corrected chi connectivity index (χ3v) is 3.63. The van der Waals surface area contributed by atoms with Gasteiger partial charge in [-0.3, -0.25) is 4.79 Å². The molecule has 0 saturated carbocycles. The molecular weight excluding hydrogens is 270 g/mol. The summed E-state index contributed by atoms with van der Waals surface area (Å²) in [6.45, 7) is 1.73. The molecule has 0 spiro atoms. The Balaban J connectivity index is 1.74. The molecule has 1 saturated heterocycles. The van der Waals surface area contributed by atoms with Crippen LogP contribution in [0.1, 0.15) is 16.5 Å². The third kappa shape index (κ3) is 2.59. The summed E-state index contributed by atoms with van der Waals surface area (Å²) in [7, 11) is 3.32. The SMILES string of the molecule is COc1ccc(N(C)C(=O)c2cn(C3CNC3)nn2)cc1. The Kier molecular flexibility index (Phi) is 3.57. The van der Waals surface area contributed by atoms with Crippen LogP contribution in [0.15, 0.2) is 30.5 Å². The van der Waals surface area contributed by atoms with Crippen LogP contribution in [-0.4, -0.2) is 48.1 Å². The van der Waals surface area contributed by atoms with Gasteiger partial charge in [-0.2, -0.15) is 0 Å². The van der Waals surface area contributed by atoms with Gasteiger partial charge < -0.3 is 15.0 Å². The molecule has 0 bridgehead atoms. The van der Waals surface area contributed by atoms with Crippen LogP contribution in [0.25, 0.3) is 0 Å². The van der Waals surface area contributed by atoms with Crippen molar-refractivity contribution in [1.82, 2.24) is 20.3 Å². The Morgan fingerprint density at radius 3 is 2.67 bits per heavy atom. The van der Waals surface area contributed by atoms with Crippen molar-refractivity contribution in [2.45, 2.75) is 6.04 Å². The van der Waals surface area contributed by atoms with Gasteiger partial charge in [0, 0.05) is 25.8 Å². The van der Waals surface area contributed by atoms with Gasteiger partial charge in [-0.1, -0.05) is 5.21 Å². The molecule has 0 atom stereocenters. The molecule has 1 aromatic heterocycles. The van der Waals surface area contributed by atoms with E-state index < -0.39 is 0 Å². The number of nitrogens with one attached hydrogen (secondary N) is 1. The molecule has 0 radical (unpaired) electrons. The van der Waals surface area contributed by atoms with Crippen LogP contribution in [0.2, 0.25) is 0 Å². The van der Waals surface area contributed by atoms with Crippen LogP contribution in [0.3, 0.4) is 0 Å². The van der Waals surface area contributed by atoms with E-state index in [1.54, 1.807) is 29.9 Å². The second kappa shape index (κ2) is 5.53. The van der Waals surface area contributed by atoms with E-state index in [1.807, 2.05) is 24.3 Å². The monoisotopic (exact) mass is 287 g/mol. The van der Waals surface area contributed by atoms with E-state index >= 15 is 0 Å². The van der Waals surface area contributed by atoms with E-state index in [1.165, 1.54) is 0 Å². The lowest BCUT2D eigenvalue weighted by molar-refractivity contribution is 0.0988. The molecule has 2 heterocycles. The van der Waals surface area contributed by atoms with Gasteiger partial charge in [0.15, 0.2) is 5.69 Å². The van der Waals surface area contributed by atoms with E-state index in [9.17, 15) is 4.79 Å². The van der Waals surface area contributed by atoms with Gasteiger partial charge in [-0.25, -0.2) is 4.68 Å². The highest BCUT2D eigenvalue weighted by Gasteiger charge is 2.23. The highest BCUT2D eigenvalue weighted by molar-refractivity contribution is 6.04. The Bertz CT molecular complexity index is 633. The highest BCUT2D eigenvalue weighted by Crippen LogP contribution is 2.19. The predicted molar refractivity (Wildman–Crippen MR) is 77.7 cm³/mol. The third-order valence-electron chi connectivity index (χ3n) is 3.63. The number of anilines is 1. The lowest BCUT2D eigenvalue weighted by Gasteiger charge is -2.26. The van der Waals surface area contributed by atoms with E-state index in [4.69, 9.17) is 4.74 Å². The molecule has 1 N–H and O–H groups in total. The molecule has 0 unspecified atom stereocenters. The molecule has 1 aliphatic rings. The number of aromatic nitrogens is 3. The predicted octanol–water partition coefficient (Wildman–Crippen LogP) is 0.708. The number of rotatable bonds is 4. The van der Waals surface area contributed by atoms with Gasteiger partial charge in [0.2, 0.25) is 0 Å². The summed E-state index contributed by atoms with van der Waals surface area (Å²) in [6.07, 6.45) is 1.70. The number of carbonyl (C=O) groups excluding carboxylic acids is 1. The van der Waals surface area contributed by atoms with E-state index in [-0.39, 0.29) is 5.91 Å². The second-order valence-electron chi connectivity index (χ2n) is 4.96. The summed E-state index contributed by atoms with van der Waals surface area (Å²) < 4.78 is 6.85. The lowest BCUT2D eigenvalue weighted by atomic mass is 10.2. The van der Waals surface area contributed by atoms with Crippen LogP contribution in [0.5, 0.6) is 5.75 Å². The molecule has 1 fully saturated rings. The molecule has 7 nitrogen and oxygen atoms in total. The van der Waals surface area contributed by atoms with Crippen LogP contribution in [0, 0.1) is 0 Å². The van der Waals surface area contributed by atoms with E-state index in [0.717, 1.165) is 24.5 Å². The van der Waals surface area contributed by atoms with Gasteiger partial charge >= 0.3 is 0 Å². The number of benzene rings is 1. The van der Waals surface area contributed by atoms with Gasteiger partial charge in [0.05, 0.1) is 19.3 Å². The largest absolute Gasteiger partial charge is 0.497 e. The molecule has 110 valence electrons. The highest BCUT2D eigenvalue weighted by atomic mass is 16.5. The summed E-state index contributed by atoms with van der Waals surface area (Å²) in [5, 5.41) is 11.2. The van der Waals surface area contributed by atoms with Crippen LogP contribution >= 0.6 is 0 Å². The smallest absolute Gasteiger partial charge is 0.280 e.